The predicted molar refractivity (Wildman–Crippen MR) is 124 cm³/mol. The molecule has 0 spiro atoms. The number of nitrogens with one attached hydrogen (secondary N) is 1. The molecule has 0 aliphatic rings. The standard InChI is InChI=1S/C24H23ClN4O2/c1-4-21(23(30)27-18-12-10-17(25)11-13-18)28-15(2)20-14-26-29(19-8-6-5-7-9-19)24(31)22(20)16(28)3/h5-14,21H,4H2,1-3H3,(H,27,30). The minimum Gasteiger partial charge on any atom is -0.335 e. The number of amides is 1. The number of aromatic nitrogens is 3. The van der Waals surface area contributed by atoms with Crippen molar-refractivity contribution in [1.82, 2.24) is 14.3 Å². The van der Waals surface area contributed by atoms with E-state index in [-0.39, 0.29) is 11.5 Å². The summed E-state index contributed by atoms with van der Waals surface area (Å²) in [6.45, 7) is 5.75. The highest BCUT2D eigenvalue weighted by Gasteiger charge is 2.25. The molecule has 0 saturated carbocycles. The summed E-state index contributed by atoms with van der Waals surface area (Å²) >= 11 is 5.94. The monoisotopic (exact) mass is 434 g/mol. The molecule has 7 heteroatoms. The van der Waals surface area contributed by atoms with E-state index in [4.69, 9.17) is 11.6 Å². The lowest BCUT2D eigenvalue weighted by atomic mass is 10.2. The van der Waals surface area contributed by atoms with Gasteiger partial charge in [0.1, 0.15) is 6.04 Å². The maximum Gasteiger partial charge on any atom is 0.281 e. The number of aryl methyl sites for hydroxylation is 2. The van der Waals surface area contributed by atoms with Gasteiger partial charge >= 0.3 is 0 Å². The molecule has 4 aromatic rings. The number of halogens is 1. The third-order valence-electron chi connectivity index (χ3n) is 5.57. The second-order valence-electron chi connectivity index (χ2n) is 7.45. The Balaban J connectivity index is 1.79. The van der Waals surface area contributed by atoms with Crippen LogP contribution in [0.15, 0.2) is 65.6 Å². The molecule has 1 N–H and O–H groups in total. The zero-order valence-electron chi connectivity index (χ0n) is 17.6. The van der Waals surface area contributed by atoms with Crippen LogP contribution in [0.4, 0.5) is 5.69 Å². The Morgan fingerprint density at radius 3 is 2.39 bits per heavy atom. The van der Waals surface area contributed by atoms with E-state index in [9.17, 15) is 9.59 Å². The third-order valence-corrected chi connectivity index (χ3v) is 5.82. The molecule has 0 bridgehead atoms. The lowest BCUT2D eigenvalue weighted by Crippen LogP contribution is -2.27. The average Bonchev–Trinajstić information content (AvgIpc) is 3.02. The van der Waals surface area contributed by atoms with Gasteiger partial charge in [-0.25, -0.2) is 0 Å². The van der Waals surface area contributed by atoms with Crippen molar-refractivity contribution in [2.24, 2.45) is 0 Å². The Morgan fingerprint density at radius 2 is 1.74 bits per heavy atom. The van der Waals surface area contributed by atoms with Crippen LogP contribution in [0.1, 0.15) is 30.8 Å². The molecule has 2 aromatic heterocycles. The summed E-state index contributed by atoms with van der Waals surface area (Å²) < 4.78 is 3.34. The zero-order chi connectivity index (χ0) is 22.1. The van der Waals surface area contributed by atoms with E-state index in [0.29, 0.717) is 28.2 Å². The van der Waals surface area contributed by atoms with Crippen molar-refractivity contribution in [2.75, 3.05) is 5.32 Å². The maximum atomic E-state index is 13.3. The van der Waals surface area contributed by atoms with E-state index in [1.54, 1.807) is 30.5 Å². The van der Waals surface area contributed by atoms with Gasteiger partial charge in [-0.1, -0.05) is 36.7 Å². The molecule has 0 radical (unpaired) electrons. The Bertz CT molecular complexity index is 1310. The van der Waals surface area contributed by atoms with Crippen molar-refractivity contribution in [3.05, 3.63) is 87.6 Å². The maximum absolute atomic E-state index is 13.3. The molecule has 2 aromatic carbocycles. The lowest BCUT2D eigenvalue weighted by Gasteiger charge is -2.21. The molecule has 0 saturated heterocycles. The summed E-state index contributed by atoms with van der Waals surface area (Å²) in [5.41, 5.74) is 2.77. The van der Waals surface area contributed by atoms with Crippen molar-refractivity contribution in [3.63, 3.8) is 0 Å². The average molecular weight is 435 g/mol. The van der Waals surface area contributed by atoms with Crippen LogP contribution in [0.25, 0.3) is 16.5 Å². The highest BCUT2D eigenvalue weighted by Crippen LogP contribution is 2.28. The van der Waals surface area contributed by atoms with Crippen molar-refractivity contribution < 1.29 is 4.79 Å². The van der Waals surface area contributed by atoms with Gasteiger partial charge in [0.2, 0.25) is 5.91 Å². The van der Waals surface area contributed by atoms with E-state index >= 15 is 0 Å². The van der Waals surface area contributed by atoms with E-state index in [0.717, 1.165) is 16.8 Å². The van der Waals surface area contributed by atoms with Gasteiger partial charge in [-0.3, -0.25) is 9.59 Å². The number of carbonyl (C=O) groups is 1. The number of hydrogen-bond donors (Lipinski definition) is 1. The molecule has 6 nitrogen and oxygen atoms in total. The van der Waals surface area contributed by atoms with Crippen LogP contribution in [-0.4, -0.2) is 20.3 Å². The van der Waals surface area contributed by atoms with E-state index in [1.807, 2.05) is 55.7 Å². The molecule has 0 fully saturated rings. The number of fused-ring (bicyclic) bond motifs is 1. The first-order valence-electron chi connectivity index (χ1n) is 10.1. The molecule has 4 rings (SSSR count). The van der Waals surface area contributed by atoms with E-state index in [2.05, 4.69) is 10.4 Å². The Labute approximate surface area is 185 Å². The van der Waals surface area contributed by atoms with Gasteiger partial charge in [-0.15, -0.1) is 0 Å². The molecule has 1 unspecified atom stereocenters. The Morgan fingerprint density at radius 1 is 1.06 bits per heavy atom. The third kappa shape index (κ3) is 3.75. The number of carbonyl (C=O) groups excluding carboxylic acids is 1. The van der Waals surface area contributed by atoms with E-state index in [1.165, 1.54) is 4.68 Å². The summed E-state index contributed by atoms with van der Waals surface area (Å²) in [5, 5.41) is 9.27. The topological polar surface area (TPSA) is 68.9 Å². The van der Waals surface area contributed by atoms with Crippen LogP contribution in [0.2, 0.25) is 5.02 Å². The molecule has 0 aliphatic carbocycles. The highest BCUT2D eigenvalue weighted by molar-refractivity contribution is 6.30. The normalized spacial score (nSPS) is 12.1. The second kappa shape index (κ2) is 8.40. The summed E-state index contributed by atoms with van der Waals surface area (Å²) in [4.78, 5) is 26.4. The highest BCUT2D eigenvalue weighted by atomic mass is 35.5. The summed E-state index contributed by atoms with van der Waals surface area (Å²) in [6, 6.07) is 15.8. The quantitative estimate of drug-likeness (QED) is 0.478. The first-order chi connectivity index (χ1) is 14.9. The molecule has 31 heavy (non-hydrogen) atoms. The van der Waals surface area contributed by atoms with Crippen LogP contribution < -0.4 is 10.9 Å². The van der Waals surface area contributed by atoms with Crippen molar-refractivity contribution in [1.29, 1.82) is 0 Å². The number of para-hydroxylation sites is 1. The van der Waals surface area contributed by atoms with Gasteiger partial charge in [0.05, 0.1) is 17.3 Å². The first-order valence-corrected chi connectivity index (χ1v) is 10.5. The largest absolute Gasteiger partial charge is 0.335 e. The van der Waals surface area contributed by atoms with Crippen LogP contribution in [-0.2, 0) is 4.79 Å². The minimum atomic E-state index is -0.465. The molecular weight excluding hydrogens is 412 g/mol. The molecule has 158 valence electrons. The number of anilines is 1. The fraction of sp³-hybridized carbons (Fsp3) is 0.208. The number of rotatable bonds is 5. The van der Waals surface area contributed by atoms with Crippen molar-refractivity contribution in [2.45, 2.75) is 33.2 Å². The van der Waals surface area contributed by atoms with Crippen LogP contribution >= 0.6 is 11.6 Å². The summed E-state index contributed by atoms with van der Waals surface area (Å²) in [7, 11) is 0. The molecule has 0 aliphatic heterocycles. The van der Waals surface area contributed by atoms with Crippen LogP contribution in [0.5, 0.6) is 0 Å². The smallest absolute Gasteiger partial charge is 0.281 e. The van der Waals surface area contributed by atoms with Crippen molar-refractivity contribution >= 4 is 34.0 Å². The molecule has 1 atom stereocenters. The fourth-order valence-electron chi connectivity index (χ4n) is 4.04. The predicted octanol–water partition coefficient (Wildman–Crippen LogP) is 5.05. The lowest BCUT2D eigenvalue weighted by molar-refractivity contribution is -0.119. The number of benzene rings is 2. The second-order valence-corrected chi connectivity index (χ2v) is 7.88. The zero-order valence-corrected chi connectivity index (χ0v) is 18.3. The van der Waals surface area contributed by atoms with Gasteiger partial charge in [0, 0.05) is 27.5 Å². The van der Waals surface area contributed by atoms with Gasteiger partial charge in [0.25, 0.3) is 5.56 Å². The SMILES string of the molecule is CCC(C(=O)Nc1ccc(Cl)cc1)n1c(C)c2cnn(-c3ccccc3)c(=O)c2c1C. The van der Waals surface area contributed by atoms with Crippen LogP contribution in [0.3, 0.4) is 0 Å². The van der Waals surface area contributed by atoms with Gasteiger partial charge < -0.3 is 9.88 Å². The summed E-state index contributed by atoms with van der Waals surface area (Å²) in [6.07, 6.45) is 2.27. The Kier molecular flexibility index (Phi) is 5.65. The van der Waals surface area contributed by atoms with Crippen LogP contribution in [0, 0.1) is 13.8 Å². The Hall–Kier alpha value is -3.38. The van der Waals surface area contributed by atoms with E-state index < -0.39 is 6.04 Å². The number of hydrogen-bond acceptors (Lipinski definition) is 3. The van der Waals surface area contributed by atoms with Gasteiger partial charge in [-0.05, 0) is 56.7 Å². The molecule has 1 amide bonds. The fourth-order valence-corrected chi connectivity index (χ4v) is 4.17. The number of nitrogens with zero attached hydrogens (tertiary/aromatic N) is 3. The van der Waals surface area contributed by atoms with Gasteiger partial charge in [-0.2, -0.15) is 9.78 Å². The minimum absolute atomic E-state index is 0.146. The first kappa shape index (κ1) is 20.9. The van der Waals surface area contributed by atoms with Crippen molar-refractivity contribution in [3.8, 4) is 5.69 Å². The summed E-state index contributed by atoms with van der Waals surface area (Å²) in [5.74, 6) is -0.146. The molecular formula is C24H23ClN4O2. The van der Waals surface area contributed by atoms with Gasteiger partial charge in [0.15, 0.2) is 0 Å². The molecule has 2 heterocycles.